The second-order valence-corrected chi connectivity index (χ2v) is 14.4. The zero-order chi connectivity index (χ0) is 34.1. The number of benzene rings is 3. The molecule has 4 aromatic rings. The molecule has 0 bridgehead atoms. The number of nitrogens with one attached hydrogen (secondary N) is 4. The van der Waals surface area contributed by atoms with Crippen LogP contribution in [0.15, 0.2) is 89.6 Å². The summed E-state index contributed by atoms with van der Waals surface area (Å²) in [5.41, 5.74) is 4.07. The maximum Gasteiger partial charge on any atom is 0.251 e. The Morgan fingerprint density at radius 1 is 0.872 bits per heavy atom. The van der Waals surface area contributed by atoms with Crippen molar-refractivity contribution in [3.63, 3.8) is 0 Å². The SMILES string of the molecule is Cc1cccc(NC(=O)[C@H](C)NC[C@H](Cc2ccsc2)NC(=O)c2cc(C(=O)N[C@H](C)c3ccccc3)cc(N(C)S(C)(=O)=O)c2)c1. The molecule has 1 aromatic heterocycles. The summed E-state index contributed by atoms with van der Waals surface area (Å²) < 4.78 is 25.9. The number of carbonyl (C=O) groups is 3. The number of hydrogen-bond acceptors (Lipinski definition) is 7. The number of nitrogens with zero attached hydrogens (tertiary/aromatic N) is 1. The van der Waals surface area contributed by atoms with E-state index in [2.05, 4.69) is 21.3 Å². The van der Waals surface area contributed by atoms with Crippen LogP contribution < -0.4 is 25.6 Å². The fraction of sp³-hybridized carbons (Fsp3) is 0.286. The van der Waals surface area contributed by atoms with Crippen LogP contribution in [0.2, 0.25) is 0 Å². The summed E-state index contributed by atoms with van der Waals surface area (Å²) >= 11 is 1.54. The summed E-state index contributed by atoms with van der Waals surface area (Å²) in [7, 11) is -2.32. The summed E-state index contributed by atoms with van der Waals surface area (Å²) in [6.07, 6.45) is 1.54. The molecule has 0 radical (unpaired) electrons. The second kappa shape index (κ2) is 15.9. The van der Waals surface area contributed by atoms with Crippen molar-refractivity contribution >= 4 is 50.5 Å². The molecular formula is C35H41N5O5S2. The van der Waals surface area contributed by atoms with Gasteiger partial charge in [-0.05, 0) is 91.0 Å². The molecule has 10 nitrogen and oxygen atoms in total. The van der Waals surface area contributed by atoms with Gasteiger partial charge in [-0.25, -0.2) is 8.42 Å². The van der Waals surface area contributed by atoms with E-state index in [-0.39, 0.29) is 35.3 Å². The molecule has 47 heavy (non-hydrogen) atoms. The van der Waals surface area contributed by atoms with E-state index in [0.29, 0.717) is 12.1 Å². The van der Waals surface area contributed by atoms with Gasteiger partial charge >= 0.3 is 0 Å². The smallest absolute Gasteiger partial charge is 0.251 e. The fourth-order valence-corrected chi connectivity index (χ4v) is 6.04. The van der Waals surface area contributed by atoms with Gasteiger partial charge in [0.25, 0.3) is 11.8 Å². The molecule has 4 rings (SSSR count). The maximum atomic E-state index is 13.8. The lowest BCUT2D eigenvalue weighted by atomic mass is 10.0. The molecule has 4 N–H and O–H groups in total. The maximum absolute atomic E-state index is 13.8. The van der Waals surface area contributed by atoms with E-state index in [4.69, 9.17) is 0 Å². The molecule has 3 atom stereocenters. The lowest BCUT2D eigenvalue weighted by Gasteiger charge is -2.23. The summed E-state index contributed by atoms with van der Waals surface area (Å²) in [6, 6.07) is 21.9. The number of rotatable bonds is 14. The van der Waals surface area contributed by atoms with Crippen LogP contribution in [-0.4, -0.2) is 58.1 Å². The van der Waals surface area contributed by atoms with E-state index in [9.17, 15) is 22.8 Å². The molecule has 3 aromatic carbocycles. The summed E-state index contributed by atoms with van der Waals surface area (Å²) in [5.74, 6) is -1.16. The highest BCUT2D eigenvalue weighted by atomic mass is 32.2. The van der Waals surface area contributed by atoms with Crippen molar-refractivity contribution in [2.75, 3.05) is 29.5 Å². The predicted molar refractivity (Wildman–Crippen MR) is 189 cm³/mol. The monoisotopic (exact) mass is 675 g/mol. The molecular weight excluding hydrogens is 635 g/mol. The molecule has 0 unspecified atom stereocenters. The highest BCUT2D eigenvalue weighted by molar-refractivity contribution is 7.92. The van der Waals surface area contributed by atoms with Crippen LogP contribution in [0.4, 0.5) is 11.4 Å². The van der Waals surface area contributed by atoms with E-state index < -0.39 is 33.9 Å². The molecule has 0 aliphatic heterocycles. The molecule has 0 aliphatic rings. The third-order valence-electron chi connectivity index (χ3n) is 7.70. The Morgan fingerprint density at radius 3 is 2.17 bits per heavy atom. The van der Waals surface area contributed by atoms with Gasteiger partial charge in [0, 0.05) is 36.4 Å². The molecule has 3 amide bonds. The van der Waals surface area contributed by atoms with Crippen LogP contribution in [0.3, 0.4) is 0 Å². The third-order valence-corrected chi connectivity index (χ3v) is 9.63. The Kier molecular flexibility index (Phi) is 11.9. The molecule has 0 fully saturated rings. The van der Waals surface area contributed by atoms with E-state index in [1.807, 2.05) is 85.3 Å². The van der Waals surface area contributed by atoms with E-state index in [1.165, 1.54) is 25.2 Å². The minimum atomic E-state index is -3.69. The molecule has 248 valence electrons. The molecule has 1 heterocycles. The van der Waals surface area contributed by atoms with Crippen molar-refractivity contribution in [1.29, 1.82) is 0 Å². The average Bonchev–Trinajstić information content (AvgIpc) is 3.55. The van der Waals surface area contributed by atoms with Crippen LogP contribution in [0, 0.1) is 6.92 Å². The van der Waals surface area contributed by atoms with Crippen molar-refractivity contribution < 1.29 is 22.8 Å². The van der Waals surface area contributed by atoms with Gasteiger partial charge in [0.15, 0.2) is 0 Å². The van der Waals surface area contributed by atoms with E-state index in [0.717, 1.165) is 27.3 Å². The minimum Gasteiger partial charge on any atom is -0.348 e. The van der Waals surface area contributed by atoms with Gasteiger partial charge in [0.2, 0.25) is 15.9 Å². The van der Waals surface area contributed by atoms with Crippen LogP contribution >= 0.6 is 11.3 Å². The first-order chi connectivity index (χ1) is 22.3. The zero-order valence-electron chi connectivity index (χ0n) is 27.1. The van der Waals surface area contributed by atoms with Gasteiger partial charge in [-0.3, -0.25) is 18.7 Å². The Balaban J connectivity index is 1.54. The molecule has 12 heteroatoms. The van der Waals surface area contributed by atoms with Crippen LogP contribution in [-0.2, 0) is 21.2 Å². The van der Waals surface area contributed by atoms with Gasteiger partial charge in [-0.2, -0.15) is 11.3 Å². The van der Waals surface area contributed by atoms with Crippen molar-refractivity contribution in [3.8, 4) is 0 Å². The Bertz CT molecular complexity index is 1800. The average molecular weight is 676 g/mol. The van der Waals surface area contributed by atoms with E-state index in [1.54, 1.807) is 18.3 Å². The number of carbonyl (C=O) groups excluding carboxylic acids is 3. The summed E-state index contributed by atoms with van der Waals surface area (Å²) in [4.78, 5) is 40.1. The lowest BCUT2D eigenvalue weighted by Crippen LogP contribution is -2.48. The summed E-state index contributed by atoms with van der Waals surface area (Å²) in [6.45, 7) is 5.82. The van der Waals surface area contributed by atoms with Gasteiger partial charge in [0.1, 0.15) is 0 Å². The first kappa shape index (κ1) is 35.3. The quantitative estimate of drug-likeness (QED) is 0.150. The Labute approximate surface area is 280 Å². The highest BCUT2D eigenvalue weighted by Gasteiger charge is 2.23. The number of thiophene rings is 1. The number of aryl methyl sites for hydroxylation is 1. The van der Waals surface area contributed by atoms with Crippen LogP contribution in [0.5, 0.6) is 0 Å². The van der Waals surface area contributed by atoms with Crippen molar-refractivity contribution in [1.82, 2.24) is 16.0 Å². The predicted octanol–water partition coefficient (Wildman–Crippen LogP) is 4.90. The van der Waals surface area contributed by atoms with Crippen molar-refractivity contribution in [2.24, 2.45) is 0 Å². The standard InChI is InChI=1S/C35H41N5O5S2/c1-23-10-9-13-30(16-23)38-33(41)25(3)36-21-31(17-26-14-15-46-22-26)39-35(43)29-18-28(19-32(20-29)40(4)47(5,44)45)34(42)37-24(2)27-11-7-6-8-12-27/h6-16,18-20,22,24-25,31,36H,17,21H2,1-5H3,(H,37,42)(H,38,41)(H,39,43)/t24-,25+,31+/m1/s1. The number of anilines is 2. The summed E-state index contributed by atoms with van der Waals surface area (Å²) in [5, 5.41) is 16.0. The zero-order valence-corrected chi connectivity index (χ0v) is 28.7. The van der Waals surface area contributed by atoms with Gasteiger partial charge in [0.05, 0.1) is 24.0 Å². The van der Waals surface area contributed by atoms with E-state index >= 15 is 0 Å². The largest absolute Gasteiger partial charge is 0.348 e. The molecule has 0 saturated heterocycles. The first-order valence-corrected chi connectivity index (χ1v) is 18.0. The second-order valence-electron chi connectivity index (χ2n) is 11.6. The molecule has 0 spiro atoms. The third kappa shape index (κ3) is 10.2. The van der Waals surface area contributed by atoms with Gasteiger partial charge < -0.3 is 21.3 Å². The van der Waals surface area contributed by atoms with Gasteiger partial charge in [-0.15, -0.1) is 0 Å². The fourth-order valence-electron chi connectivity index (χ4n) is 4.87. The minimum absolute atomic E-state index is 0.121. The topological polar surface area (TPSA) is 137 Å². The molecule has 0 aliphatic carbocycles. The lowest BCUT2D eigenvalue weighted by molar-refractivity contribution is -0.117. The van der Waals surface area contributed by atoms with Gasteiger partial charge in [-0.1, -0.05) is 42.5 Å². The van der Waals surface area contributed by atoms with Crippen LogP contribution in [0.25, 0.3) is 0 Å². The Hall–Kier alpha value is -4.52. The highest BCUT2D eigenvalue weighted by Crippen LogP contribution is 2.22. The first-order valence-electron chi connectivity index (χ1n) is 15.2. The van der Waals surface area contributed by atoms with Crippen molar-refractivity contribution in [3.05, 3.63) is 117 Å². The number of hydrogen-bond donors (Lipinski definition) is 4. The van der Waals surface area contributed by atoms with Crippen LogP contribution in [0.1, 0.15) is 57.3 Å². The van der Waals surface area contributed by atoms with Crippen molar-refractivity contribution in [2.45, 2.75) is 45.3 Å². The number of amides is 3. The Morgan fingerprint density at radius 2 is 1.55 bits per heavy atom. The number of sulfonamides is 1. The molecule has 0 saturated carbocycles. The normalized spacial score (nSPS) is 13.2.